The number of hydrogen-bond donors (Lipinski definition) is 0. The number of piperazine rings is 1. The van der Waals surface area contributed by atoms with Gasteiger partial charge in [0.2, 0.25) is 0 Å². The first-order valence-corrected chi connectivity index (χ1v) is 12.2. The van der Waals surface area contributed by atoms with Crippen LogP contribution in [0.15, 0.2) is 48.5 Å². The Balaban J connectivity index is 1.44. The monoisotopic (exact) mass is 464 g/mol. The summed E-state index contributed by atoms with van der Waals surface area (Å²) in [6.45, 7) is 7.01. The number of aromatic nitrogens is 4. The van der Waals surface area contributed by atoms with Crippen LogP contribution in [0.1, 0.15) is 43.6 Å². The lowest BCUT2D eigenvalue weighted by Crippen LogP contribution is -2.48. The first-order valence-electron chi connectivity index (χ1n) is 12.2. The van der Waals surface area contributed by atoms with Crippen molar-refractivity contribution < 1.29 is 9.47 Å². The third kappa shape index (κ3) is 5.67. The van der Waals surface area contributed by atoms with Crippen molar-refractivity contribution in [2.24, 2.45) is 0 Å². The van der Waals surface area contributed by atoms with Gasteiger partial charge in [-0.15, -0.1) is 5.10 Å². The van der Waals surface area contributed by atoms with Gasteiger partial charge in [-0.2, -0.15) is 0 Å². The van der Waals surface area contributed by atoms with Crippen molar-refractivity contribution in [3.63, 3.8) is 0 Å². The zero-order chi connectivity index (χ0) is 23.8. The maximum Gasteiger partial charge on any atom is 0.168 e. The van der Waals surface area contributed by atoms with Crippen molar-refractivity contribution in [3.8, 4) is 11.5 Å². The van der Waals surface area contributed by atoms with Crippen LogP contribution in [0.25, 0.3) is 0 Å². The molecule has 1 aliphatic rings. The number of methoxy groups -OCH3 is 2. The van der Waals surface area contributed by atoms with E-state index in [1.165, 1.54) is 11.3 Å². The van der Waals surface area contributed by atoms with E-state index in [0.717, 1.165) is 75.7 Å². The summed E-state index contributed by atoms with van der Waals surface area (Å²) in [7, 11) is 3.32. The van der Waals surface area contributed by atoms with Gasteiger partial charge in [0, 0.05) is 38.4 Å². The highest BCUT2D eigenvalue weighted by Gasteiger charge is 2.28. The lowest BCUT2D eigenvalue weighted by Gasteiger charge is -2.39. The summed E-state index contributed by atoms with van der Waals surface area (Å²) in [6.07, 6.45) is 4.21. The van der Waals surface area contributed by atoms with E-state index in [4.69, 9.17) is 9.47 Å². The van der Waals surface area contributed by atoms with Crippen LogP contribution in [0, 0.1) is 0 Å². The molecule has 34 heavy (non-hydrogen) atoms. The predicted octanol–water partition coefficient (Wildman–Crippen LogP) is 3.99. The number of benzene rings is 2. The SMILES string of the molecule is CCCC[C@@H](c1nnnn1CCc1ccc(OC)c(OC)c1)N1CCN(c2ccccc2)CC1. The van der Waals surface area contributed by atoms with Gasteiger partial charge in [-0.05, 0) is 53.1 Å². The van der Waals surface area contributed by atoms with Gasteiger partial charge in [0.25, 0.3) is 0 Å². The Bertz CT molecular complexity index is 1020. The number of para-hydroxylation sites is 1. The molecule has 0 saturated carbocycles. The van der Waals surface area contributed by atoms with Crippen molar-refractivity contribution in [1.29, 1.82) is 0 Å². The van der Waals surface area contributed by atoms with Crippen molar-refractivity contribution in [3.05, 3.63) is 59.9 Å². The van der Waals surface area contributed by atoms with Crippen molar-refractivity contribution in [2.75, 3.05) is 45.3 Å². The molecule has 1 atom stereocenters. The maximum absolute atomic E-state index is 5.46. The van der Waals surface area contributed by atoms with Gasteiger partial charge in [-0.1, -0.05) is 44.0 Å². The number of rotatable bonds is 11. The topological polar surface area (TPSA) is 68.5 Å². The fourth-order valence-electron chi connectivity index (χ4n) is 4.68. The molecule has 2 aromatic carbocycles. The number of nitrogens with zero attached hydrogens (tertiary/aromatic N) is 6. The normalized spacial score (nSPS) is 15.3. The number of tetrazole rings is 1. The maximum atomic E-state index is 5.46. The molecule has 1 aromatic heterocycles. The molecule has 8 nitrogen and oxygen atoms in total. The number of aryl methyl sites for hydroxylation is 2. The van der Waals surface area contributed by atoms with Gasteiger partial charge in [0.1, 0.15) is 0 Å². The first kappa shape index (κ1) is 24.0. The lowest BCUT2D eigenvalue weighted by atomic mass is 10.1. The van der Waals surface area contributed by atoms with Crippen molar-refractivity contribution in [1.82, 2.24) is 25.1 Å². The lowest BCUT2D eigenvalue weighted by molar-refractivity contribution is 0.162. The van der Waals surface area contributed by atoms with E-state index in [1.54, 1.807) is 14.2 Å². The highest BCUT2D eigenvalue weighted by Crippen LogP contribution is 2.29. The molecule has 0 N–H and O–H groups in total. The summed E-state index contributed by atoms with van der Waals surface area (Å²) in [5, 5.41) is 12.9. The summed E-state index contributed by atoms with van der Waals surface area (Å²) < 4.78 is 12.8. The van der Waals surface area contributed by atoms with E-state index in [1.807, 2.05) is 16.8 Å². The minimum atomic E-state index is 0.235. The van der Waals surface area contributed by atoms with Gasteiger partial charge in [0.15, 0.2) is 17.3 Å². The Labute approximate surface area is 202 Å². The van der Waals surface area contributed by atoms with Crippen LogP contribution in [-0.2, 0) is 13.0 Å². The van der Waals surface area contributed by atoms with Gasteiger partial charge in [-0.25, -0.2) is 4.68 Å². The molecule has 1 saturated heterocycles. The fraction of sp³-hybridized carbons (Fsp3) is 0.500. The number of hydrogen-bond acceptors (Lipinski definition) is 7. The largest absolute Gasteiger partial charge is 0.493 e. The van der Waals surface area contributed by atoms with Crippen molar-refractivity contribution in [2.45, 2.75) is 45.2 Å². The second-order valence-corrected chi connectivity index (χ2v) is 8.72. The Morgan fingerprint density at radius 3 is 2.41 bits per heavy atom. The van der Waals surface area contributed by atoms with Gasteiger partial charge >= 0.3 is 0 Å². The van der Waals surface area contributed by atoms with Crippen LogP contribution in [0.2, 0.25) is 0 Å². The summed E-state index contributed by atoms with van der Waals surface area (Å²) in [6, 6.07) is 17.0. The highest BCUT2D eigenvalue weighted by molar-refractivity contribution is 5.46. The molecule has 0 radical (unpaired) electrons. The third-order valence-corrected chi connectivity index (χ3v) is 6.63. The van der Waals surface area contributed by atoms with E-state index in [9.17, 15) is 0 Å². The van der Waals surface area contributed by atoms with Crippen LogP contribution in [0.3, 0.4) is 0 Å². The van der Waals surface area contributed by atoms with Crippen LogP contribution in [-0.4, -0.2) is 65.5 Å². The molecule has 0 spiro atoms. The number of ether oxygens (including phenoxy) is 2. The van der Waals surface area contributed by atoms with Crippen LogP contribution >= 0.6 is 0 Å². The summed E-state index contributed by atoms with van der Waals surface area (Å²) in [5.41, 5.74) is 2.47. The Morgan fingerprint density at radius 2 is 1.71 bits per heavy atom. The zero-order valence-corrected chi connectivity index (χ0v) is 20.6. The average Bonchev–Trinajstić information content (AvgIpc) is 3.36. The van der Waals surface area contributed by atoms with Crippen molar-refractivity contribution >= 4 is 5.69 Å². The molecule has 1 fully saturated rings. The molecular weight excluding hydrogens is 428 g/mol. The molecule has 0 aliphatic carbocycles. The summed E-state index contributed by atoms with van der Waals surface area (Å²) >= 11 is 0. The minimum Gasteiger partial charge on any atom is -0.493 e. The molecule has 182 valence electrons. The number of anilines is 1. The molecule has 3 aromatic rings. The van der Waals surface area contributed by atoms with E-state index >= 15 is 0 Å². The quantitative estimate of drug-likeness (QED) is 0.425. The summed E-state index contributed by atoms with van der Waals surface area (Å²) in [4.78, 5) is 5.03. The van der Waals surface area contributed by atoms with Crippen LogP contribution in [0.5, 0.6) is 11.5 Å². The Hall–Kier alpha value is -3.13. The van der Waals surface area contributed by atoms with E-state index in [-0.39, 0.29) is 6.04 Å². The van der Waals surface area contributed by atoms with E-state index in [0.29, 0.717) is 0 Å². The molecule has 0 unspecified atom stereocenters. The Kier molecular flexibility index (Phi) is 8.36. The summed E-state index contributed by atoms with van der Waals surface area (Å²) in [5.74, 6) is 2.46. The molecule has 1 aliphatic heterocycles. The molecule has 8 heteroatoms. The highest BCUT2D eigenvalue weighted by atomic mass is 16.5. The van der Waals surface area contributed by atoms with E-state index < -0.39 is 0 Å². The smallest absolute Gasteiger partial charge is 0.168 e. The fourth-order valence-corrected chi connectivity index (χ4v) is 4.68. The zero-order valence-electron chi connectivity index (χ0n) is 20.6. The van der Waals surface area contributed by atoms with Gasteiger partial charge in [0.05, 0.1) is 20.3 Å². The standard InChI is InChI=1S/C26H36N6O2/c1-4-5-11-23(31-18-16-30(17-19-31)22-9-7-6-8-10-22)26-27-28-29-32(26)15-14-21-12-13-24(33-2)25(20-21)34-3/h6-10,12-13,20,23H,4-5,11,14-19H2,1-3H3/t23-/m0/s1. The van der Waals surface area contributed by atoms with Gasteiger partial charge in [-0.3, -0.25) is 4.90 Å². The molecule has 2 heterocycles. The molecular formula is C26H36N6O2. The third-order valence-electron chi connectivity index (χ3n) is 6.63. The Morgan fingerprint density at radius 1 is 0.941 bits per heavy atom. The molecule has 4 rings (SSSR count). The first-order chi connectivity index (χ1) is 16.7. The predicted molar refractivity (Wildman–Crippen MR) is 134 cm³/mol. The number of unbranched alkanes of at least 4 members (excludes halogenated alkanes) is 1. The van der Waals surface area contributed by atoms with Gasteiger partial charge < -0.3 is 14.4 Å². The van der Waals surface area contributed by atoms with Crippen LogP contribution < -0.4 is 14.4 Å². The second kappa shape index (κ2) is 11.8. The molecule has 0 amide bonds. The van der Waals surface area contributed by atoms with E-state index in [2.05, 4.69) is 68.6 Å². The average molecular weight is 465 g/mol. The van der Waals surface area contributed by atoms with Crippen LogP contribution in [0.4, 0.5) is 5.69 Å². The second-order valence-electron chi connectivity index (χ2n) is 8.72. The minimum absolute atomic E-state index is 0.235. The molecule has 0 bridgehead atoms.